The van der Waals surface area contributed by atoms with Gasteiger partial charge in [0, 0.05) is 6.54 Å². The zero-order valence-corrected chi connectivity index (χ0v) is 16.4. The monoisotopic (exact) mass is 377 g/mol. The summed E-state index contributed by atoms with van der Waals surface area (Å²) in [4.78, 5) is 14.4. The van der Waals surface area contributed by atoms with E-state index in [0.717, 1.165) is 23.2 Å². The average Bonchev–Trinajstić information content (AvgIpc) is 2.71. The second-order valence-electron chi connectivity index (χ2n) is 6.98. The third-order valence-corrected chi connectivity index (χ3v) is 4.43. The van der Waals surface area contributed by atoms with Crippen molar-refractivity contribution in [1.29, 1.82) is 0 Å². The van der Waals surface area contributed by atoms with E-state index in [9.17, 15) is 4.79 Å². The summed E-state index contributed by atoms with van der Waals surface area (Å²) in [6.45, 7) is 1.57. The third kappa shape index (κ3) is 5.72. The Bertz CT molecular complexity index is 897. The van der Waals surface area contributed by atoms with E-state index in [0.29, 0.717) is 13.2 Å². The number of likely N-dealkylation sites (N-methyl/N-ethyl adjacent to an activating group) is 1. The van der Waals surface area contributed by atoms with Crippen LogP contribution in [0, 0.1) is 0 Å². The van der Waals surface area contributed by atoms with Crippen LogP contribution in [0.3, 0.4) is 0 Å². The Morgan fingerprint density at radius 1 is 0.964 bits per heavy atom. The molecule has 0 aliphatic carbocycles. The van der Waals surface area contributed by atoms with Gasteiger partial charge in [-0.3, -0.25) is 0 Å². The second-order valence-corrected chi connectivity index (χ2v) is 6.98. The molecule has 2 N–H and O–H groups in total. The molecule has 3 aromatic rings. The van der Waals surface area contributed by atoms with Crippen LogP contribution >= 0.6 is 0 Å². The van der Waals surface area contributed by atoms with Crippen molar-refractivity contribution in [2.24, 2.45) is 0 Å². The van der Waals surface area contributed by atoms with Gasteiger partial charge in [0.2, 0.25) is 0 Å². The summed E-state index contributed by atoms with van der Waals surface area (Å²) >= 11 is 0. The van der Waals surface area contributed by atoms with E-state index in [1.54, 1.807) is 0 Å². The standard InChI is InChI=1S/C23H27N3O2/c1-26(2)17-22(19-9-4-3-5-10-19)25-23(27)24-14-15-28-21-13-12-18-8-6-7-11-20(18)16-21/h3-13,16,22H,14-15,17H2,1-2H3,(H2,24,25,27). The number of ether oxygens (including phenoxy) is 1. The maximum atomic E-state index is 12.3. The summed E-state index contributed by atoms with van der Waals surface area (Å²) in [6.07, 6.45) is 0. The lowest BCUT2D eigenvalue weighted by Gasteiger charge is -2.23. The molecule has 2 amide bonds. The third-order valence-electron chi connectivity index (χ3n) is 4.43. The molecule has 0 radical (unpaired) electrons. The lowest BCUT2D eigenvalue weighted by atomic mass is 10.1. The lowest BCUT2D eigenvalue weighted by molar-refractivity contribution is 0.229. The molecule has 0 fully saturated rings. The first-order valence-electron chi connectivity index (χ1n) is 9.47. The van der Waals surface area contributed by atoms with Crippen LogP contribution in [0.1, 0.15) is 11.6 Å². The summed E-state index contributed by atoms with van der Waals surface area (Å²) in [6, 6.07) is 23.9. The first kappa shape index (κ1) is 19.7. The predicted molar refractivity (Wildman–Crippen MR) is 114 cm³/mol. The molecule has 0 saturated heterocycles. The van der Waals surface area contributed by atoms with Crippen molar-refractivity contribution in [3.05, 3.63) is 78.4 Å². The topological polar surface area (TPSA) is 53.6 Å². The van der Waals surface area contributed by atoms with E-state index in [4.69, 9.17) is 4.74 Å². The van der Waals surface area contributed by atoms with E-state index in [-0.39, 0.29) is 12.1 Å². The molecular weight excluding hydrogens is 350 g/mol. The van der Waals surface area contributed by atoms with Crippen molar-refractivity contribution in [3.63, 3.8) is 0 Å². The first-order valence-corrected chi connectivity index (χ1v) is 9.47. The molecule has 5 nitrogen and oxygen atoms in total. The highest BCUT2D eigenvalue weighted by molar-refractivity contribution is 5.83. The molecule has 0 spiro atoms. The van der Waals surface area contributed by atoms with Gasteiger partial charge in [0.25, 0.3) is 0 Å². The highest BCUT2D eigenvalue weighted by atomic mass is 16.5. The SMILES string of the molecule is CN(C)CC(NC(=O)NCCOc1ccc2ccccc2c1)c1ccccc1. The van der Waals surface area contributed by atoms with Gasteiger partial charge in [-0.2, -0.15) is 0 Å². The molecule has 0 bridgehead atoms. The molecule has 3 rings (SSSR count). The van der Waals surface area contributed by atoms with Gasteiger partial charge in [0.1, 0.15) is 12.4 Å². The van der Waals surface area contributed by atoms with E-state index >= 15 is 0 Å². The minimum Gasteiger partial charge on any atom is -0.492 e. The number of rotatable bonds is 8. The maximum absolute atomic E-state index is 12.3. The Kier molecular flexibility index (Phi) is 6.87. The smallest absolute Gasteiger partial charge is 0.315 e. The van der Waals surface area contributed by atoms with E-state index < -0.39 is 0 Å². The predicted octanol–water partition coefficient (Wildman–Crippen LogP) is 3.82. The minimum absolute atomic E-state index is 0.0717. The molecule has 5 heteroatoms. The van der Waals surface area contributed by atoms with Gasteiger partial charge in [-0.05, 0) is 42.6 Å². The Morgan fingerprint density at radius 2 is 1.68 bits per heavy atom. The van der Waals surface area contributed by atoms with Crippen LogP contribution in [0.2, 0.25) is 0 Å². The number of nitrogens with one attached hydrogen (secondary N) is 2. The fourth-order valence-electron chi connectivity index (χ4n) is 3.08. The fraction of sp³-hybridized carbons (Fsp3) is 0.261. The van der Waals surface area contributed by atoms with Crippen LogP contribution in [0.4, 0.5) is 4.79 Å². The van der Waals surface area contributed by atoms with Crippen LogP contribution in [0.15, 0.2) is 72.8 Å². The largest absolute Gasteiger partial charge is 0.492 e. The Hall–Kier alpha value is -3.05. The molecule has 0 aromatic heterocycles. The van der Waals surface area contributed by atoms with Crippen LogP contribution in [-0.4, -0.2) is 44.7 Å². The molecule has 0 aliphatic rings. The summed E-state index contributed by atoms with van der Waals surface area (Å²) in [5.41, 5.74) is 1.08. The molecule has 146 valence electrons. The van der Waals surface area contributed by atoms with E-state index in [1.807, 2.05) is 74.8 Å². The first-order chi connectivity index (χ1) is 13.6. The van der Waals surface area contributed by atoms with Crippen molar-refractivity contribution < 1.29 is 9.53 Å². The van der Waals surface area contributed by atoms with Crippen LogP contribution in [-0.2, 0) is 0 Å². The van der Waals surface area contributed by atoms with Crippen LogP contribution in [0.5, 0.6) is 5.75 Å². The normalized spacial score (nSPS) is 12.0. The number of hydrogen-bond donors (Lipinski definition) is 2. The number of urea groups is 1. The van der Waals surface area contributed by atoms with Gasteiger partial charge in [0.15, 0.2) is 0 Å². The van der Waals surface area contributed by atoms with Crippen molar-refractivity contribution in [1.82, 2.24) is 15.5 Å². The molecule has 0 saturated carbocycles. The maximum Gasteiger partial charge on any atom is 0.315 e. The number of fused-ring (bicyclic) bond motifs is 1. The Morgan fingerprint density at radius 3 is 2.43 bits per heavy atom. The second kappa shape index (κ2) is 9.76. The molecule has 3 aromatic carbocycles. The summed E-state index contributed by atoms with van der Waals surface area (Å²) < 4.78 is 5.77. The molecule has 1 atom stereocenters. The van der Waals surface area contributed by atoms with Crippen LogP contribution < -0.4 is 15.4 Å². The Labute approximate surface area is 166 Å². The average molecular weight is 377 g/mol. The van der Waals surface area contributed by atoms with Crippen molar-refractivity contribution in [2.75, 3.05) is 33.8 Å². The van der Waals surface area contributed by atoms with Gasteiger partial charge in [-0.25, -0.2) is 4.79 Å². The van der Waals surface area contributed by atoms with Gasteiger partial charge in [0.05, 0.1) is 12.6 Å². The highest BCUT2D eigenvalue weighted by Crippen LogP contribution is 2.20. The summed E-state index contributed by atoms with van der Waals surface area (Å²) in [5.74, 6) is 0.802. The van der Waals surface area contributed by atoms with Crippen molar-refractivity contribution >= 4 is 16.8 Å². The minimum atomic E-state index is -0.196. The van der Waals surface area contributed by atoms with Crippen molar-refractivity contribution in [3.8, 4) is 5.75 Å². The zero-order chi connectivity index (χ0) is 19.8. The van der Waals surface area contributed by atoms with Gasteiger partial charge >= 0.3 is 6.03 Å². The molecular formula is C23H27N3O2. The number of hydrogen-bond acceptors (Lipinski definition) is 3. The van der Waals surface area contributed by atoms with Gasteiger partial charge in [-0.15, -0.1) is 0 Å². The number of carbonyl (C=O) groups excluding carboxylic acids is 1. The summed E-state index contributed by atoms with van der Waals surface area (Å²) in [7, 11) is 3.99. The number of carbonyl (C=O) groups is 1. The summed E-state index contributed by atoms with van der Waals surface area (Å²) in [5, 5.41) is 8.23. The van der Waals surface area contributed by atoms with Gasteiger partial charge < -0.3 is 20.3 Å². The van der Waals surface area contributed by atoms with Crippen LogP contribution in [0.25, 0.3) is 10.8 Å². The fourth-order valence-corrected chi connectivity index (χ4v) is 3.08. The molecule has 0 heterocycles. The quantitative estimate of drug-likeness (QED) is 0.587. The number of benzene rings is 3. The zero-order valence-electron chi connectivity index (χ0n) is 16.4. The van der Waals surface area contributed by atoms with Gasteiger partial charge in [-0.1, -0.05) is 60.7 Å². The van der Waals surface area contributed by atoms with Crippen molar-refractivity contribution in [2.45, 2.75) is 6.04 Å². The number of nitrogens with zero attached hydrogens (tertiary/aromatic N) is 1. The molecule has 28 heavy (non-hydrogen) atoms. The molecule has 1 unspecified atom stereocenters. The lowest BCUT2D eigenvalue weighted by Crippen LogP contribution is -2.42. The van der Waals surface area contributed by atoms with E-state index in [2.05, 4.69) is 27.7 Å². The van der Waals surface area contributed by atoms with E-state index in [1.165, 1.54) is 5.39 Å². The Balaban J connectivity index is 1.47. The molecule has 0 aliphatic heterocycles. The number of amides is 2. The highest BCUT2D eigenvalue weighted by Gasteiger charge is 2.15.